The number of hydrogen-bond acceptors (Lipinski definition) is 3. The molecule has 1 unspecified atom stereocenters. The zero-order valence-corrected chi connectivity index (χ0v) is 10.7. The zero-order valence-electron chi connectivity index (χ0n) is 10.7. The SMILES string of the molecule is CCOC(=O)c1ccc(N2C(=O)CCC2C)cc1. The smallest absolute Gasteiger partial charge is 0.338 e. The molecule has 1 amide bonds. The van der Waals surface area contributed by atoms with E-state index in [4.69, 9.17) is 4.74 Å². The lowest BCUT2D eigenvalue weighted by atomic mass is 10.2. The van der Waals surface area contributed by atoms with E-state index in [1.165, 1.54) is 0 Å². The Bertz CT molecular complexity index is 453. The van der Waals surface area contributed by atoms with Crippen LogP contribution in [0.3, 0.4) is 0 Å². The summed E-state index contributed by atoms with van der Waals surface area (Å²) in [6.45, 7) is 4.17. The molecule has 4 heteroatoms. The first-order valence-electron chi connectivity index (χ1n) is 6.22. The minimum Gasteiger partial charge on any atom is -0.462 e. The lowest BCUT2D eigenvalue weighted by molar-refractivity contribution is -0.117. The van der Waals surface area contributed by atoms with Gasteiger partial charge in [0.15, 0.2) is 0 Å². The second kappa shape index (κ2) is 5.21. The van der Waals surface area contributed by atoms with Gasteiger partial charge < -0.3 is 9.64 Å². The van der Waals surface area contributed by atoms with Crippen molar-refractivity contribution in [2.24, 2.45) is 0 Å². The van der Waals surface area contributed by atoms with E-state index in [0.29, 0.717) is 18.6 Å². The van der Waals surface area contributed by atoms with Crippen molar-refractivity contribution < 1.29 is 14.3 Å². The van der Waals surface area contributed by atoms with Crippen molar-refractivity contribution in [1.29, 1.82) is 0 Å². The van der Waals surface area contributed by atoms with E-state index in [2.05, 4.69) is 0 Å². The van der Waals surface area contributed by atoms with Crippen molar-refractivity contribution in [1.82, 2.24) is 0 Å². The first kappa shape index (κ1) is 12.6. The summed E-state index contributed by atoms with van der Waals surface area (Å²) in [5.41, 5.74) is 1.36. The molecular formula is C14H17NO3. The molecule has 0 spiro atoms. The molecule has 0 bridgehead atoms. The van der Waals surface area contributed by atoms with Gasteiger partial charge in [-0.2, -0.15) is 0 Å². The number of nitrogens with zero attached hydrogens (tertiary/aromatic N) is 1. The van der Waals surface area contributed by atoms with Gasteiger partial charge in [0, 0.05) is 18.2 Å². The van der Waals surface area contributed by atoms with Gasteiger partial charge in [-0.25, -0.2) is 4.79 Å². The molecular weight excluding hydrogens is 230 g/mol. The molecule has 1 aromatic carbocycles. The maximum atomic E-state index is 11.7. The van der Waals surface area contributed by atoms with Crippen LogP contribution in [0.25, 0.3) is 0 Å². The summed E-state index contributed by atoms with van der Waals surface area (Å²) in [5.74, 6) is -0.184. The van der Waals surface area contributed by atoms with Crippen molar-refractivity contribution in [3.63, 3.8) is 0 Å². The average Bonchev–Trinajstić information content (AvgIpc) is 2.70. The summed E-state index contributed by atoms with van der Waals surface area (Å²) < 4.78 is 4.92. The lowest BCUT2D eigenvalue weighted by Gasteiger charge is -2.21. The number of hydrogen-bond donors (Lipinski definition) is 0. The lowest BCUT2D eigenvalue weighted by Crippen LogP contribution is -2.30. The molecule has 0 aromatic heterocycles. The second-order valence-electron chi connectivity index (χ2n) is 4.42. The summed E-state index contributed by atoms with van der Waals surface area (Å²) in [7, 11) is 0. The van der Waals surface area contributed by atoms with Crippen LogP contribution in [0, 0.1) is 0 Å². The molecule has 2 rings (SSSR count). The van der Waals surface area contributed by atoms with Crippen LogP contribution in [0.5, 0.6) is 0 Å². The van der Waals surface area contributed by atoms with Crippen LogP contribution in [0.2, 0.25) is 0 Å². The van der Waals surface area contributed by atoms with E-state index in [9.17, 15) is 9.59 Å². The molecule has 1 heterocycles. The Hall–Kier alpha value is -1.84. The summed E-state index contributed by atoms with van der Waals surface area (Å²) in [5, 5.41) is 0. The Kier molecular flexibility index (Phi) is 3.65. The highest BCUT2D eigenvalue weighted by Crippen LogP contribution is 2.26. The number of rotatable bonds is 3. The Morgan fingerprint density at radius 2 is 2.06 bits per heavy atom. The van der Waals surface area contributed by atoms with Crippen molar-refractivity contribution >= 4 is 17.6 Å². The van der Waals surface area contributed by atoms with Crippen LogP contribution >= 0.6 is 0 Å². The van der Waals surface area contributed by atoms with E-state index in [0.717, 1.165) is 12.1 Å². The van der Waals surface area contributed by atoms with Crippen LogP contribution in [-0.4, -0.2) is 24.5 Å². The Morgan fingerprint density at radius 3 is 2.56 bits per heavy atom. The minimum absolute atomic E-state index is 0.145. The predicted octanol–water partition coefficient (Wildman–Crippen LogP) is 2.38. The van der Waals surface area contributed by atoms with Crippen LogP contribution < -0.4 is 4.90 Å². The Balaban J connectivity index is 2.17. The summed E-state index contributed by atoms with van der Waals surface area (Å²) >= 11 is 0. The molecule has 1 aliphatic rings. The summed E-state index contributed by atoms with van der Waals surface area (Å²) in [4.78, 5) is 25.0. The fourth-order valence-corrected chi connectivity index (χ4v) is 2.20. The van der Waals surface area contributed by atoms with Gasteiger partial charge in [-0.3, -0.25) is 4.79 Å². The van der Waals surface area contributed by atoms with Crippen molar-refractivity contribution in [3.05, 3.63) is 29.8 Å². The third-order valence-electron chi connectivity index (χ3n) is 3.14. The number of carbonyl (C=O) groups is 2. The number of benzene rings is 1. The summed E-state index contributed by atoms with van der Waals surface area (Å²) in [6, 6.07) is 7.22. The van der Waals surface area contributed by atoms with Crippen LogP contribution in [-0.2, 0) is 9.53 Å². The number of esters is 1. The standard InChI is InChI=1S/C14H17NO3/c1-3-18-14(17)11-5-7-12(8-6-11)15-10(2)4-9-13(15)16/h5-8,10H,3-4,9H2,1-2H3. The Labute approximate surface area is 107 Å². The number of ether oxygens (including phenoxy) is 1. The van der Waals surface area contributed by atoms with Crippen LogP contribution in [0.15, 0.2) is 24.3 Å². The third kappa shape index (κ3) is 2.37. The van der Waals surface area contributed by atoms with E-state index in [-0.39, 0.29) is 17.9 Å². The monoisotopic (exact) mass is 247 g/mol. The largest absolute Gasteiger partial charge is 0.462 e. The van der Waals surface area contributed by atoms with Gasteiger partial charge in [-0.05, 0) is 44.5 Å². The third-order valence-corrected chi connectivity index (χ3v) is 3.14. The molecule has 0 radical (unpaired) electrons. The fraction of sp³-hybridized carbons (Fsp3) is 0.429. The fourth-order valence-electron chi connectivity index (χ4n) is 2.20. The first-order chi connectivity index (χ1) is 8.63. The number of anilines is 1. The predicted molar refractivity (Wildman–Crippen MR) is 68.6 cm³/mol. The molecule has 1 atom stereocenters. The maximum Gasteiger partial charge on any atom is 0.338 e. The van der Waals surface area contributed by atoms with Gasteiger partial charge in [-0.15, -0.1) is 0 Å². The van der Waals surface area contributed by atoms with E-state index >= 15 is 0 Å². The van der Waals surface area contributed by atoms with Crippen LogP contribution in [0.4, 0.5) is 5.69 Å². The van der Waals surface area contributed by atoms with Gasteiger partial charge in [0.1, 0.15) is 0 Å². The second-order valence-corrected chi connectivity index (χ2v) is 4.42. The highest BCUT2D eigenvalue weighted by atomic mass is 16.5. The van der Waals surface area contributed by atoms with E-state index in [1.807, 2.05) is 6.92 Å². The number of carbonyl (C=O) groups excluding carboxylic acids is 2. The van der Waals surface area contributed by atoms with Crippen molar-refractivity contribution in [2.45, 2.75) is 32.7 Å². The highest BCUT2D eigenvalue weighted by molar-refractivity contribution is 5.97. The molecule has 96 valence electrons. The highest BCUT2D eigenvalue weighted by Gasteiger charge is 2.28. The van der Waals surface area contributed by atoms with Gasteiger partial charge in [0.25, 0.3) is 0 Å². The molecule has 1 aromatic rings. The normalized spacial score (nSPS) is 19.1. The first-order valence-corrected chi connectivity index (χ1v) is 6.22. The topological polar surface area (TPSA) is 46.6 Å². The molecule has 1 saturated heterocycles. The maximum absolute atomic E-state index is 11.7. The van der Waals surface area contributed by atoms with Gasteiger partial charge >= 0.3 is 5.97 Å². The van der Waals surface area contributed by atoms with Gasteiger partial charge in [0.2, 0.25) is 5.91 Å². The quantitative estimate of drug-likeness (QED) is 0.770. The summed E-state index contributed by atoms with van der Waals surface area (Å²) in [6.07, 6.45) is 1.49. The van der Waals surface area contributed by atoms with Gasteiger partial charge in [-0.1, -0.05) is 0 Å². The number of amides is 1. The Morgan fingerprint density at radius 1 is 1.39 bits per heavy atom. The molecule has 18 heavy (non-hydrogen) atoms. The average molecular weight is 247 g/mol. The molecule has 0 saturated carbocycles. The molecule has 1 aliphatic heterocycles. The molecule has 0 aliphatic carbocycles. The van der Waals surface area contributed by atoms with Crippen molar-refractivity contribution in [2.75, 3.05) is 11.5 Å². The van der Waals surface area contributed by atoms with Crippen LogP contribution in [0.1, 0.15) is 37.0 Å². The van der Waals surface area contributed by atoms with Crippen molar-refractivity contribution in [3.8, 4) is 0 Å². The molecule has 1 fully saturated rings. The minimum atomic E-state index is -0.329. The zero-order chi connectivity index (χ0) is 13.1. The van der Waals surface area contributed by atoms with E-state index in [1.54, 1.807) is 36.1 Å². The van der Waals surface area contributed by atoms with E-state index < -0.39 is 0 Å². The molecule has 0 N–H and O–H groups in total. The van der Waals surface area contributed by atoms with Gasteiger partial charge in [0.05, 0.1) is 12.2 Å². The molecule has 4 nitrogen and oxygen atoms in total.